The molecule has 0 saturated carbocycles. The molecular weight excluding hydrogens is 584 g/mol. The van der Waals surface area contributed by atoms with Crippen LogP contribution in [0.1, 0.15) is 17.5 Å². The highest BCUT2D eigenvalue weighted by atomic mass is 35.5. The highest BCUT2D eigenvalue weighted by Gasteiger charge is 2.16. The highest BCUT2D eigenvalue weighted by Crippen LogP contribution is 2.39. The maximum Gasteiger partial charge on any atom is 0.325 e. The van der Waals surface area contributed by atoms with Gasteiger partial charge in [-0.1, -0.05) is 35.9 Å². The fourth-order valence-corrected chi connectivity index (χ4v) is 5.10. The van der Waals surface area contributed by atoms with Gasteiger partial charge in [-0.05, 0) is 54.8 Å². The SMILES string of the molecule is COc1cc2c(Oc3ccc(NC(=O)NC(=O)Cc4ccccc4C)cc3Cl)ccnc2cc1OCCCN1CCOCC1. The quantitative estimate of drug-likeness (QED) is 0.197. The lowest BCUT2D eigenvalue weighted by atomic mass is 10.1. The molecule has 3 amide bonds. The Bertz CT molecular complexity index is 1630. The second kappa shape index (κ2) is 14.9. The van der Waals surface area contributed by atoms with Crippen LogP contribution >= 0.6 is 11.6 Å². The summed E-state index contributed by atoms with van der Waals surface area (Å²) in [6.07, 6.45) is 2.63. The van der Waals surface area contributed by atoms with Crippen LogP contribution in [0.25, 0.3) is 10.9 Å². The van der Waals surface area contributed by atoms with Crippen LogP contribution in [0.3, 0.4) is 0 Å². The Morgan fingerprint density at radius 2 is 1.82 bits per heavy atom. The van der Waals surface area contributed by atoms with E-state index in [0.717, 1.165) is 55.8 Å². The number of hydrogen-bond acceptors (Lipinski definition) is 8. The predicted molar refractivity (Wildman–Crippen MR) is 169 cm³/mol. The lowest BCUT2D eigenvalue weighted by Gasteiger charge is -2.26. The number of methoxy groups -OCH3 is 1. The van der Waals surface area contributed by atoms with Crippen molar-refractivity contribution in [2.75, 3.05) is 51.9 Å². The molecule has 0 spiro atoms. The van der Waals surface area contributed by atoms with Crippen LogP contribution in [0, 0.1) is 6.92 Å². The summed E-state index contributed by atoms with van der Waals surface area (Å²) in [6.45, 7) is 6.85. The molecule has 0 atom stereocenters. The monoisotopic (exact) mass is 618 g/mol. The molecule has 0 bridgehead atoms. The number of hydrogen-bond donors (Lipinski definition) is 2. The molecule has 1 aliphatic rings. The number of urea groups is 1. The number of anilines is 1. The number of aryl methyl sites for hydroxylation is 1. The molecule has 2 N–H and O–H groups in total. The highest BCUT2D eigenvalue weighted by molar-refractivity contribution is 6.32. The van der Waals surface area contributed by atoms with E-state index < -0.39 is 11.9 Å². The molecule has 0 unspecified atom stereocenters. The number of carbonyl (C=O) groups is 2. The topological polar surface area (TPSA) is 111 Å². The Kier molecular flexibility index (Phi) is 10.5. The number of nitrogens with one attached hydrogen (secondary N) is 2. The molecular formula is C33H35ClN4O6. The van der Waals surface area contributed by atoms with Crippen molar-refractivity contribution in [2.24, 2.45) is 0 Å². The van der Waals surface area contributed by atoms with Crippen LogP contribution in [0.2, 0.25) is 5.02 Å². The lowest BCUT2D eigenvalue weighted by molar-refractivity contribution is -0.119. The molecule has 1 aromatic heterocycles. The number of rotatable bonds is 11. The third-order valence-corrected chi connectivity index (χ3v) is 7.54. The number of nitrogens with zero attached hydrogens (tertiary/aromatic N) is 2. The molecule has 1 saturated heterocycles. The number of halogens is 1. The second-order valence-corrected chi connectivity index (χ2v) is 10.7. The molecule has 5 rings (SSSR count). The summed E-state index contributed by atoms with van der Waals surface area (Å²) in [4.78, 5) is 31.6. The van der Waals surface area contributed by atoms with Gasteiger partial charge in [0, 0.05) is 43.0 Å². The predicted octanol–water partition coefficient (Wildman–Crippen LogP) is 5.99. The Morgan fingerprint density at radius 3 is 2.59 bits per heavy atom. The van der Waals surface area contributed by atoms with Crippen molar-refractivity contribution in [3.63, 3.8) is 0 Å². The van der Waals surface area contributed by atoms with Gasteiger partial charge in [-0.15, -0.1) is 0 Å². The van der Waals surface area contributed by atoms with Crippen LogP contribution in [-0.2, 0) is 16.0 Å². The van der Waals surface area contributed by atoms with E-state index in [1.165, 1.54) is 0 Å². The molecule has 0 radical (unpaired) electrons. The van der Waals surface area contributed by atoms with Crippen molar-refractivity contribution in [3.8, 4) is 23.0 Å². The van der Waals surface area contributed by atoms with Gasteiger partial charge in [-0.25, -0.2) is 4.79 Å². The van der Waals surface area contributed by atoms with Gasteiger partial charge in [0.25, 0.3) is 0 Å². The molecule has 2 heterocycles. The normalized spacial score (nSPS) is 13.3. The van der Waals surface area contributed by atoms with E-state index >= 15 is 0 Å². The van der Waals surface area contributed by atoms with E-state index in [1.807, 2.05) is 43.3 Å². The van der Waals surface area contributed by atoms with E-state index in [1.54, 1.807) is 37.6 Å². The van der Waals surface area contributed by atoms with E-state index in [4.69, 9.17) is 30.5 Å². The van der Waals surface area contributed by atoms with Crippen LogP contribution in [0.5, 0.6) is 23.0 Å². The summed E-state index contributed by atoms with van der Waals surface area (Å²) in [5.74, 6) is 1.66. The summed E-state index contributed by atoms with van der Waals surface area (Å²) in [6, 6.07) is 17.1. The molecule has 4 aromatic rings. The maximum atomic E-state index is 12.4. The standard InChI is InChI=1S/C33H35ClN4O6/c1-22-6-3-4-7-23(22)18-32(39)37-33(40)36-24-8-9-29(26(34)19-24)44-28-10-11-35-27-21-31(30(41-2)20-25(27)28)43-15-5-12-38-13-16-42-17-14-38/h3-4,6-11,19-21H,5,12-18H2,1-2H3,(H2,36,37,39,40). The molecule has 1 aliphatic heterocycles. The number of ether oxygens (including phenoxy) is 4. The first-order valence-corrected chi connectivity index (χ1v) is 14.8. The Hall–Kier alpha value is -4.38. The van der Waals surface area contributed by atoms with Gasteiger partial charge in [0.1, 0.15) is 11.5 Å². The van der Waals surface area contributed by atoms with Crippen LogP contribution in [-0.4, -0.2) is 68.4 Å². The Balaban J connectivity index is 1.20. The van der Waals surface area contributed by atoms with Gasteiger partial charge in [0.2, 0.25) is 5.91 Å². The molecule has 3 aromatic carbocycles. The van der Waals surface area contributed by atoms with Crippen LogP contribution in [0.4, 0.5) is 10.5 Å². The summed E-state index contributed by atoms with van der Waals surface area (Å²) in [5.41, 5.74) is 2.91. The number of aromatic nitrogens is 1. The number of pyridine rings is 1. The van der Waals surface area contributed by atoms with Crippen molar-refractivity contribution in [2.45, 2.75) is 19.8 Å². The van der Waals surface area contributed by atoms with Gasteiger partial charge in [0.15, 0.2) is 11.5 Å². The number of carbonyl (C=O) groups excluding carboxylic acids is 2. The molecule has 11 heteroatoms. The van der Waals surface area contributed by atoms with E-state index in [-0.39, 0.29) is 11.4 Å². The third-order valence-electron chi connectivity index (χ3n) is 7.24. The van der Waals surface area contributed by atoms with Crippen molar-refractivity contribution < 1.29 is 28.5 Å². The maximum absolute atomic E-state index is 12.4. The minimum Gasteiger partial charge on any atom is -0.493 e. The zero-order valence-corrected chi connectivity index (χ0v) is 25.5. The number of morpholine rings is 1. The first-order valence-electron chi connectivity index (χ1n) is 14.4. The smallest absolute Gasteiger partial charge is 0.325 e. The van der Waals surface area contributed by atoms with Crippen molar-refractivity contribution in [1.29, 1.82) is 0 Å². The Labute approximate surface area is 261 Å². The summed E-state index contributed by atoms with van der Waals surface area (Å²) in [5, 5.41) is 5.97. The van der Waals surface area contributed by atoms with E-state index in [9.17, 15) is 9.59 Å². The molecule has 230 valence electrons. The summed E-state index contributed by atoms with van der Waals surface area (Å²) >= 11 is 6.52. The fraction of sp³-hybridized carbons (Fsp3) is 0.303. The van der Waals surface area contributed by atoms with Crippen molar-refractivity contribution in [3.05, 3.63) is 83.0 Å². The van der Waals surface area contributed by atoms with Gasteiger partial charge in [-0.2, -0.15) is 0 Å². The van der Waals surface area contributed by atoms with Crippen molar-refractivity contribution >= 4 is 40.1 Å². The largest absolute Gasteiger partial charge is 0.493 e. The van der Waals surface area contributed by atoms with Gasteiger partial charge >= 0.3 is 6.03 Å². The molecule has 1 fully saturated rings. The average molecular weight is 619 g/mol. The van der Waals surface area contributed by atoms with E-state index in [2.05, 4.69) is 20.5 Å². The number of imide groups is 1. The Morgan fingerprint density at radius 1 is 1.00 bits per heavy atom. The molecule has 0 aliphatic carbocycles. The fourth-order valence-electron chi connectivity index (χ4n) is 4.88. The first kappa shape index (κ1) is 31.1. The summed E-state index contributed by atoms with van der Waals surface area (Å²) < 4.78 is 23.2. The van der Waals surface area contributed by atoms with Gasteiger partial charge in [-0.3, -0.25) is 20.0 Å². The molecule has 10 nitrogen and oxygen atoms in total. The zero-order valence-electron chi connectivity index (χ0n) is 24.7. The van der Waals surface area contributed by atoms with Gasteiger partial charge < -0.3 is 24.3 Å². The zero-order chi connectivity index (χ0) is 30.9. The summed E-state index contributed by atoms with van der Waals surface area (Å²) in [7, 11) is 1.59. The third kappa shape index (κ3) is 8.16. The number of fused-ring (bicyclic) bond motifs is 1. The lowest BCUT2D eigenvalue weighted by Crippen LogP contribution is -2.37. The van der Waals surface area contributed by atoms with Gasteiger partial charge in [0.05, 0.1) is 43.9 Å². The second-order valence-electron chi connectivity index (χ2n) is 10.3. The number of benzene rings is 3. The molecule has 44 heavy (non-hydrogen) atoms. The van der Waals surface area contributed by atoms with E-state index in [0.29, 0.717) is 40.8 Å². The van der Waals surface area contributed by atoms with Crippen LogP contribution in [0.15, 0.2) is 66.9 Å². The minimum absolute atomic E-state index is 0.0981. The minimum atomic E-state index is -0.653. The number of amides is 3. The van der Waals surface area contributed by atoms with Crippen LogP contribution < -0.4 is 24.8 Å². The average Bonchev–Trinajstić information content (AvgIpc) is 3.02. The van der Waals surface area contributed by atoms with Crippen molar-refractivity contribution in [1.82, 2.24) is 15.2 Å². The first-order chi connectivity index (χ1) is 21.4.